The Labute approximate surface area is 223 Å². The largest absolute Gasteiger partial charge is 0.321 e. The van der Waals surface area contributed by atoms with E-state index in [9.17, 15) is 13.2 Å². The maximum Gasteiger partial charge on any atom is 0.264 e. The Bertz CT molecular complexity index is 1640. The van der Waals surface area contributed by atoms with E-state index in [0.717, 1.165) is 16.7 Å². The molecule has 5 aromatic rings. The van der Waals surface area contributed by atoms with Crippen LogP contribution >= 0.6 is 0 Å². The van der Waals surface area contributed by atoms with Crippen molar-refractivity contribution in [2.75, 3.05) is 9.62 Å². The highest BCUT2D eigenvalue weighted by molar-refractivity contribution is 7.92. The predicted octanol–water partition coefficient (Wildman–Crippen LogP) is 7.00. The first-order valence-electron chi connectivity index (χ1n) is 12.2. The predicted molar refractivity (Wildman–Crippen MR) is 153 cm³/mol. The summed E-state index contributed by atoms with van der Waals surface area (Å²) in [6, 6.07) is 41.7. The molecule has 38 heavy (non-hydrogen) atoms. The Morgan fingerprint density at radius 1 is 0.632 bits per heavy atom. The molecule has 0 atom stereocenters. The Morgan fingerprint density at radius 2 is 1.18 bits per heavy atom. The molecule has 0 aliphatic carbocycles. The van der Waals surface area contributed by atoms with Crippen LogP contribution in [0.5, 0.6) is 0 Å². The smallest absolute Gasteiger partial charge is 0.264 e. The van der Waals surface area contributed by atoms with Crippen molar-refractivity contribution < 1.29 is 13.2 Å². The highest BCUT2D eigenvalue weighted by Gasteiger charge is 2.28. The van der Waals surface area contributed by atoms with Gasteiger partial charge in [-0.1, -0.05) is 109 Å². The van der Waals surface area contributed by atoms with Crippen molar-refractivity contribution >= 4 is 27.3 Å². The van der Waals surface area contributed by atoms with Crippen LogP contribution in [0, 0.1) is 0 Å². The van der Waals surface area contributed by atoms with E-state index < -0.39 is 15.9 Å². The first-order valence-corrected chi connectivity index (χ1v) is 13.6. The summed E-state index contributed by atoms with van der Waals surface area (Å²) in [4.78, 5) is 13.9. The van der Waals surface area contributed by atoms with E-state index in [0.29, 0.717) is 11.4 Å². The number of carbonyl (C=O) groups excluding carboxylic acids is 1. The quantitative estimate of drug-likeness (QED) is 0.240. The number of sulfonamides is 1. The molecular formula is C32H26N2O3S. The van der Waals surface area contributed by atoms with Crippen molar-refractivity contribution in [3.63, 3.8) is 0 Å². The second-order valence-corrected chi connectivity index (χ2v) is 10.6. The lowest BCUT2D eigenvalue weighted by Crippen LogP contribution is -2.32. The molecule has 0 fully saturated rings. The van der Waals surface area contributed by atoms with Gasteiger partial charge in [0.05, 0.1) is 22.7 Å². The number of carbonyl (C=O) groups is 1. The fourth-order valence-corrected chi connectivity index (χ4v) is 5.80. The fourth-order valence-electron chi connectivity index (χ4n) is 4.30. The van der Waals surface area contributed by atoms with Gasteiger partial charge in [0, 0.05) is 11.3 Å². The van der Waals surface area contributed by atoms with Gasteiger partial charge >= 0.3 is 0 Å². The standard InChI is InChI=1S/C32H26N2O3S/c35-32(33-30-22-12-10-20-28(30)26-16-6-2-7-17-26)29-21-11-13-23-31(29)34(24-25-14-4-1-5-15-25)38(36,37)27-18-8-3-9-19-27/h1-23H,24H2,(H,33,35). The number of anilines is 2. The average Bonchev–Trinajstić information content (AvgIpc) is 2.97. The zero-order valence-corrected chi connectivity index (χ0v) is 21.4. The molecule has 0 saturated carbocycles. The van der Waals surface area contributed by atoms with Gasteiger partial charge in [-0.15, -0.1) is 0 Å². The van der Waals surface area contributed by atoms with Gasteiger partial charge < -0.3 is 5.32 Å². The molecule has 0 aliphatic heterocycles. The minimum absolute atomic E-state index is 0.0724. The van der Waals surface area contributed by atoms with Crippen molar-refractivity contribution in [3.8, 4) is 11.1 Å². The van der Waals surface area contributed by atoms with Gasteiger partial charge in [-0.2, -0.15) is 0 Å². The monoisotopic (exact) mass is 518 g/mol. The maximum atomic E-state index is 13.9. The summed E-state index contributed by atoms with van der Waals surface area (Å²) in [5, 5.41) is 3.02. The Kier molecular flexibility index (Phi) is 7.33. The second kappa shape index (κ2) is 11.2. The zero-order chi connectivity index (χ0) is 26.4. The van der Waals surface area contributed by atoms with E-state index in [-0.39, 0.29) is 17.0 Å². The van der Waals surface area contributed by atoms with Crippen LogP contribution in [0.2, 0.25) is 0 Å². The third-order valence-electron chi connectivity index (χ3n) is 6.18. The van der Waals surface area contributed by atoms with E-state index in [1.54, 1.807) is 54.6 Å². The highest BCUT2D eigenvalue weighted by atomic mass is 32.2. The van der Waals surface area contributed by atoms with E-state index in [4.69, 9.17) is 0 Å². The fraction of sp³-hybridized carbons (Fsp3) is 0.0312. The molecule has 1 amide bonds. The molecule has 188 valence electrons. The number of hydrogen-bond acceptors (Lipinski definition) is 3. The molecular weight excluding hydrogens is 492 g/mol. The third-order valence-corrected chi connectivity index (χ3v) is 7.95. The van der Waals surface area contributed by atoms with Crippen molar-refractivity contribution in [1.82, 2.24) is 0 Å². The molecule has 0 bridgehead atoms. The summed E-state index contributed by atoms with van der Waals surface area (Å²) in [5.41, 5.74) is 3.84. The molecule has 0 heterocycles. The van der Waals surface area contributed by atoms with Gasteiger partial charge in [0.25, 0.3) is 15.9 Å². The van der Waals surface area contributed by atoms with Crippen LogP contribution in [0.15, 0.2) is 144 Å². The molecule has 5 rings (SSSR count). The topological polar surface area (TPSA) is 66.5 Å². The lowest BCUT2D eigenvalue weighted by molar-refractivity contribution is 0.102. The number of rotatable bonds is 8. The molecule has 0 saturated heterocycles. The summed E-state index contributed by atoms with van der Waals surface area (Å²) in [5.74, 6) is -0.398. The number of nitrogens with zero attached hydrogens (tertiary/aromatic N) is 1. The SMILES string of the molecule is O=C(Nc1ccccc1-c1ccccc1)c1ccccc1N(Cc1ccccc1)S(=O)(=O)c1ccccc1. The first kappa shape index (κ1) is 25.0. The van der Waals surface area contributed by atoms with Crippen molar-refractivity contribution in [2.45, 2.75) is 11.4 Å². The van der Waals surface area contributed by atoms with Crippen molar-refractivity contribution in [1.29, 1.82) is 0 Å². The molecule has 1 N–H and O–H groups in total. The van der Waals surface area contributed by atoms with Gasteiger partial charge in [-0.3, -0.25) is 9.10 Å². The van der Waals surface area contributed by atoms with Crippen LogP contribution in [-0.2, 0) is 16.6 Å². The van der Waals surface area contributed by atoms with E-state index >= 15 is 0 Å². The lowest BCUT2D eigenvalue weighted by Gasteiger charge is -2.27. The summed E-state index contributed by atoms with van der Waals surface area (Å²) in [7, 11) is -3.98. The minimum atomic E-state index is -3.98. The van der Waals surface area contributed by atoms with Gasteiger partial charge in [0.15, 0.2) is 0 Å². The van der Waals surface area contributed by atoms with Crippen LogP contribution in [0.1, 0.15) is 15.9 Å². The Balaban J connectivity index is 1.56. The van der Waals surface area contributed by atoms with Crippen LogP contribution in [0.3, 0.4) is 0 Å². The van der Waals surface area contributed by atoms with Crippen molar-refractivity contribution in [2.24, 2.45) is 0 Å². The van der Waals surface area contributed by atoms with Gasteiger partial charge in [0.1, 0.15) is 0 Å². The zero-order valence-electron chi connectivity index (χ0n) is 20.6. The molecule has 5 nitrogen and oxygen atoms in total. The first-order chi connectivity index (χ1) is 18.5. The number of amides is 1. The summed E-state index contributed by atoms with van der Waals surface area (Å²) in [6.45, 7) is 0.0724. The van der Waals surface area contributed by atoms with Gasteiger partial charge in [0.2, 0.25) is 0 Å². The number of para-hydroxylation sites is 2. The molecule has 0 spiro atoms. The second-order valence-electron chi connectivity index (χ2n) is 8.69. The Hall–Kier alpha value is -4.68. The summed E-state index contributed by atoms with van der Waals surface area (Å²) >= 11 is 0. The molecule has 5 aromatic carbocycles. The molecule has 6 heteroatoms. The lowest BCUT2D eigenvalue weighted by atomic mass is 10.0. The van der Waals surface area contributed by atoms with Crippen LogP contribution < -0.4 is 9.62 Å². The highest BCUT2D eigenvalue weighted by Crippen LogP contribution is 2.32. The van der Waals surface area contributed by atoms with E-state index in [1.165, 1.54) is 4.31 Å². The number of benzene rings is 5. The number of nitrogens with one attached hydrogen (secondary N) is 1. The minimum Gasteiger partial charge on any atom is -0.321 e. The molecule has 0 unspecified atom stereocenters. The average molecular weight is 519 g/mol. The number of hydrogen-bond donors (Lipinski definition) is 1. The molecule has 0 radical (unpaired) electrons. The summed E-state index contributed by atoms with van der Waals surface area (Å²) < 4.78 is 29.1. The van der Waals surface area contributed by atoms with Crippen LogP contribution in [0.25, 0.3) is 11.1 Å². The Morgan fingerprint density at radius 3 is 1.89 bits per heavy atom. The van der Waals surface area contributed by atoms with Crippen molar-refractivity contribution in [3.05, 3.63) is 151 Å². The maximum absolute atomic E-state index is 13.9. The van der Waals surface area contributed by atoms with E-state index in [2.05, 4.69) is 5.32 Å². The van der Waals surface area contributed by atoms with Crippen LogP contribution in [0.4, 0.5) is 11.4 Å². The van der Waals surface area contributed by atoms with E-state index in [1.807, 2.05) is 84.9 Å². The molecule has 0 aromatic heterocycles. The van der Waals surface area contributed by atoms with Crippen LogP contribution in [-0.4, -0.2) is 14.3 Å². The summed E-state index contributed by atoms with van der Waals surface area (Å²) in [6.07, 6.45) is 0. The third kappa shape index (κ3) is 5.36. The van der Waals surface area contributed by atoms with Gasteiger partial charge in [-0.05, 0) is 41.5 Å². The normalized spacial score (nSPS) is 11.1. The van der Waals surface area contributed by atoms with Gasteiger partial charge in [-0.25, -0.2) is 8.42 Å². The molecule has 0 aliphatic rings.